The van der Waals surface area contributed by atoms with Crippen molar-refractivity contribution in [2.45, 2.75) is 19.1 Å². The molecule has 15 heavy (non-hydrogen) atoms. The summed E-state index contributed by atoms with van der Waals surface area (Å²) in [6, 6.07) is 7.78. The molecule has 0 aliphatic heterocycles. The van der Waals surface area contributed by atoms with Crippen LogP contribution in [-0.2, 0) is 11.3 Å². The third kappa shape index (κ3) is 4.54. The number of rotatable bonds is 5. The van der Waals surface area contributed by atoms with Crippen LogP contribution in [-0.4, -0.2) is 17.8 Å². The highest BCUT2D eigenvalue weighted by atomic mass is 19.1. The van der Waals surface area contributed by atoms with Gasteiger partial charge in [-0.05, 0) is 17.7 Å². The molecule has 0 fully saturated rings. The van der Waals surface area contributed by atoms with E-state index in [1.807, 2.05) is 6.07 Å². The Morgan fingerprint density at radius 1 is 1.40 bits per heavy atom. The van der Waals surface area contributed by atoms with Crippen molar-refractivity contribution in [3.63, 3.8) is 0 Å². The van der Waals surface area contributed by atoms with E-state index in [0.717, 1.165) is 5.56 Å². The number of nitrogens with zero attached hydrogens (tertiary/aromatic N) is 1. The Labute approximate surface area is 87.7 Å². The van der Waals surface area contributed by atoms with Crippen LogP contribution in [0.15, 0.2) is 24.3 Å². The van der Waals surface area contributed by atoms with E-state index in [2.05, 4.69) is 0 Å². The fourth-order valence-electron chi connectivity index (χ4n) is 1.06. The van der Waals surface area contributed by atoms with Crippen molar-refractivity contribution in [3.8, 4) is 6.07 Å². The van der Waals surface area contributed by atoms with E-state index in [1.165, 1.54) is 12.1 Å². The molecule has 1 atom stereocenters. The second-order valence-electron chi connectivity index (χ2n) is 3.16. The molecule has 0 saturated heterocycles. The van der Waals surface area contributed by atoms with E-state index in [1.54, 1.807) is 12.1 Å². The summed E-state index contributed by atoms with van der Waals surface area (Å²) in [5.74, 6) is -0.289. The second-order valence-corrected chi connectivity index (χ2v) is 3.16. The fourth-order valence-corrected chi connectivity index (χ4v) is 1.06. The maximum atomic E-state index is 12.5. The molecule has 0 radical (unpaired) electrons. The van der Waals surface area contributed by atoms with Gasteiger partial charge in [-0.25, -0.2) is 4.39 Å². The summed E-state index contributed by atoms with van der Waals surface area (Å²) in [6.07, 6.45) is -0.695. The third-order valence-corrected chi connectivity index (χ3v) is 1.82. The molecular weight excluding hydrogens is 197 g/mol. The normalized spacial score (nSPS) is 12.1. The summed E-state index contributed by atoms with van der Waals surface area (Å²) >= 11 is 0. The van der Waals surface area contributed by atoms with Gasteiger partial charge in [0, 0.05) is 0 Å². The number of ether oxygens (including phenoxy) is 1. The Kier molecular flexibility index (Phi) is 4.75. The van der Waals surface area contributed by atoms with Crippen molar-refractivity contribution >= 4 is 0 Å². The van der Waals surface area contributed by atoms with Crippen molar-refractivity contribution in [2.75, 3.05) is 6.61 Å². The predicted molar refractivity (Wildman–Crippen MR) is 52.3 cm³/mol. The van der Waals surface area contributed by atoms with E-state index in [0.29, 0.717) is 6.61 Å². The lowest BCUT2D eigenvalue weighted by atomic mass is 10.2. The minimum absolute atomic E-state index is 0.0589. The number of hydrogen-bond acceptors (Lipinski definition) is 3. The third-order valence-electron chi connectivity index (χ3n) is 1.82. The highest BCUT2D eigenvalue weighted by Gasteiger charge is 2.03. The number of halogens is 1. The van der Waals surface area contributed by atoms with Gasteiger partial charge in [0.05, 0.1) is 31.8 Å². The van der Waals surface area contributed by atoms with Crippen LogP contribution >= 0.6 is 0 Å². The van der Waals surface area contributed by atoms with Crippen LogP contribution < -0.4 is 0 Å². The largest absolute Gasteiger partial charge is 0.390 e. The first kappa shape index (κ1) is 11.6. The van der Waals surface area contributed by atoms with Crippen LogP contribution in [0.3, 0.4) is 0 Å². The standard InChI is InChI=1S/C11H12FNO2/c12-10-3-1-9(2-4-10)7-15-8-11(14)5-6-13/h1-4,11,14H,5,7-8H2. The first-order valence-corrected chi connectivity index (χ1v) is 4.59. The van der Waals surface area contributed by atoms with Crippen LogP contribution in [0.1, 0.15) is 12.0 Å². The molecule has 1 aromatic carbocycles. The van der Waals surface area contributed by atoms with Crippen LogP contribution in [0, 0.1) is 17.1 Å². The fraction of sp³-hybridized carbons (Fsp3) is 0.364. The molecule has 0 amide bonds. The lowest BCUT2D eigenvalue weighted by Crippen LogP contribution is -2.14. The lowest BCUT2D eigenvalue weighted by molar-refractivity contribution is 0.0309. The van der Waals surface area contributed by atoms with Crippen molar-refractivity contribution < 1.29 is 14.2 Å². The van der Waals surface area contributed by atoms with Crippen LogP contribution in [0.5, 0.6) is 0 Å². The molecule has 0 aliphatic rings. The molecule has 1 unspecified atom stereocenters. The van der Waals surface area contributed by atoms with Gasteiger partial charge in [0.15, 0.2) is 0 Å². The Morgan fingerprint density at radius 3 is 2.67 bits per heavy atom. The molecule has 1 N–H and O–H groups in total. The Morgan fingerprint density at radius 2 is 2.07 bits per heavy atom. The zero-order valence-corrected chi connectivity index (χ0v) is 8.19. The van der Waals surface area contributed by atoms with Gasteiger partial charge in [-0.15, -0.1) is 0 Å². The molecule has 0 heterocycles. The van der Waals surface area contributed by atoms with E-state index in [-0.39, 0.29) is 18.8 Å². The minimum atomic E-state index is -0.754. The van der Waals surface area contributed by atoms with Crippen molar-refractivity contribution in [2.24, 2.45) is 0 Å². The van der Waals surface area contributed by atoms with E-state index >= 15 is 0 Å². The first-order chi connectivity index (χ1) is 7.22. The monoisotopic (exact) mass is 209 g/mol. The van der Waals surface area contributed by atoms with Crippen molar-refractivity contribution in [3.05, 3.63) is 35.6 Å². The van der Waals surface area contributed by atoms with Gasteiger partial charge in [-0.3, -0.25) is 0 Å². The molecule has 0 aromatic heterocycles. The van der Waals surface area contributed by atoms with Gasteiger partial charge in [0.25, 0.3) is 0 Å². The maximum Gasteiger partial charge on any atom is 0.123 e. The van der Waals surface area contributed by atoms with E-state index < -0.39 is 6.10 Å². The Balaban J connectivity index is 2.26. The van der Waals surface area contributed by atoms with Crippen molar-refractivity contribution in [1.29, 1.82) is 5.26 Å². The average molecular weight is 209 g/mol. The van der Waals surface area contributed by atoms with Gasteiger partial charge in [-0.2, -0.15) is 5.26 Å². The molecule has 0 spiro atoms. The Hall–Kier alpha value is -1.44. The highest BCUT2D eigenvalue weighted by molar-refractivity contribution is 5.14. The molecule has 0 bridgehead atoms. The summed E-state index contributed by atoms with van der Waals surface area (Å²) < 4.78 is 17.7. The number of hydrogen-bond donors (Lipinski definition) is 1. The molecular formula is C11H12FNO2. The second kappa shape index (κ2) is 6.12. The van der Waals surface area contributed by atoms with E-state index in [9.17, 15) is 4.39 Å². The van der Waals surface area contributed by atoms with Crippen LogP contribution in [0.2, 0.25) is 0 Å². The first-order valence-electron chi connectivity index (χ1n) is 4.59. The smallest absolute Gasteiger partial charge is 0.123 e. The number of benzene rings is 1. The quantitative estimate of drug-likeness (QED) is 0.801. The molecule has 1 aromatic rings. The van der Waals surface area contributed by atoms with Gasteiger partial charge < -0.3 is 9.84 Å². The molecule has 1 rings (SSSR count). The van der Waals surface area contributed by atoms with Gasteiger partial charge >= 0.3 is 0 Å². The average Bonchev–Trinajstić information content (AvgIpc) is 2.21. The molecule has 80 valence electrons. The highest BCUT2D eigenvalue weighted by Crippen LogP contribution is 2.04. The molecule has 0 aliphatic carbocycles. The zero-order valence-electron chi connectivity index (χ0n) is 8.19. The lowest BCUT2D eigenvalue weighted by Gasteiger charge is -2.07. The molecule has 0 saturated carbocycles. The Bertz CT molecular complexity index is 331. The van der Waals surface area contributed by atoms with Crippen molar-refractivity contribution in [1.82, 2.24) is 0 Å². The maximum absolute atomic E-state index is 12.5. The number of aliphatic hydroxyl groups excluding tert-OH is 1. The SMILES string of the molecule is N#CCC(O)COCc1ccc(F)cc1. The summed E-state index contributed by atoms with van der Waals surface area (Å²) in [5.41, 5.74) is 0.834. The zero-order chi connectivity index (χ0) is 11.1. The number of nitriles is 1. The van der Waals surface area contributed by atoms with Gasteiger partial charge in [0.1, 0.15) is 5.82 Å². The van der Waals surface area contributed by atoms with Crippen LogP contribution in [0.25, 0.3) is 0 Å². The topological polar surface area (TPSA) is 53.2 Å². The number of aliphatic hydroxyl groups is 1. The van der Waals surface area contributed by atoms with Gasteiger partial charge in [-0.1, -0.05) is 12.1 Å². The van der Waals surface area contributed by atoms with Crippen LogP contribution in [0.4, 0.5) is 4.39 Å². The molecule has 3 nitrogen and oxygen atoms in total. The van der Waals surface area contributed by atoms with Gasteiger partial charge in [0.2, 0.25) is 0 Å². The summed E-state index contributed by atoms with van der Waals surface area (Å²) in [5, 5.41) is 17.4. The summed E-state index contributed by atoms with van der Waals surface area (Å²) in [6.45, 7) is 0.424. The summed E-state index contributed by atoms with van der Waals surface area (Å²) in [4.78, 5) is 0. The molecule has 4 heteroatoms. The van der Waals surface area contributed by atoms with E-state index in [4.69, 9.17) is 15.1 Å². The summed E-state index contributed by atoms with van der Waals surface area (Å²) in [7, 11) is 0. The minimum Gasteiger partial charge on any atom is -0.390 e. The predicted octanol–water partition coefficient (Wildman–Crippen LogP) is 1.62.